The number of hydrogen-bond donors (Lipinski definition) is 3. The summed E-state index contributed by atoms with van der Waals surface area (Å²) in [6, 6.07) is -0.623. The molecule has 2 atom stereocenters. The van der Waals surface area contributed by atoms with Crippen molar-refractivity contribution in [2.75, 3.05) is 19.7 Å². The fourth-order valence-electron chi connectivity index (χ4n) is 3.44. The van der Waals surface area contributed by atoms with E-state index in [1.54, 1.807) is 39.3 Å². The minimum Gasteiger partial charge on any atom is -0.460 e. The smallest absolute Gasteiger partial charge is 0.306 e. The summed E-state index contributed by atoms with van der Waals surface area (Å²) in [5, 5.41) is 4.47. The third-order valence-corrected chi connectivity index (χ3v) is 10.9. The first-order chi connectivity index (χ1) is 17.5. The van der Waals surface area contributed by atoms with Crippen molar-refractivity contribution < 1.29 is 45.5 Å². The number of esters is 2. The molecule has 0 aromatic heterocycles. The standard InChI is InChI=1S/C22H33N3O10S3/c1-6-23-15-10-20(36-21-14(15)9-13(2)37(21,30)31)38(32,33)25-16(26)11-24-17(27)12-34-18(28)7-8-19(29)35-22(3,4)5/h10,13,15,23H,6-9,11-12H2,1-5H3,(H,24,27)(H,25,26)/t13-,15-/m0/s1. The van der Waals surface area contributed by atoms with E-state index in [2.05, 4.69) is 10.6 Å². The second-order valence-corrected chi connectivity index (χ2v) is 15.1. The Morgan fingerprint density at radius 2 is 1.74 bits per heavy atom. The van der Waals surface area contributed by atoms with Crippen molar-refractivity contribution in [2.24, 2.45) is 0 Å². The molecule has 0 fully saturated rings. The molecule has 13 nitrogen and oxygen atoms in total. The van der Waals surface area contributed by atoms with Crippen LogP contribution in [0, 0.1) is 0 Å². The Hall–Kier alpha value is -2.43. The molecule has 0 aromatic rings. The molecule has 0 bridgehead atoms. The van der Waals surface area contributed by atoms with E-state index < -0.39 is 73.7 Å². The van der Waals surface area contributed by atoms with Crippen LogP contribution in [0.2, 0.25) is 0 Å². The molecular weight excluding hydrogens is 562 g/mol. The number of likely N-dealkylation sites (N-methyl/N-ethyl adjacent to an activating group) is 1. The molecule has 0 aromatic carbocycles. The van der Waals surface area contributed by atoms with Crippen LogP contribution in [0.25, 0.3) is 0 Å². The Morgan fingerprint density at radius 1 is 1.11 bits per heavy atom. The van der Waals surface area contributed by atoms with Crippen molar-refractivity contribution in [1.82, 2.24) is 15.4 Å². The molecule has 0 unspecified atom stereocenters. The second kappa shape index (κ2) is 12.6. The van der Waals surface area contributed by atoms with Gasteiger partial charge in [0.05, 0.1) is 30.7 Å². The number of hydrogen-bond acceptors (Lipinski definition) is 12. The van der Waals surface area contributed by atoms with Gasteiger partial charge in [0, 0.05) is 0 Å². The van der Waals surface area contributed by atoms with Crippen molar-refractivity contribution in [3.05, 3.63) is 20.1 Å². The molecule has 2 aliphatic rings. The first kappa shape index (κ1) is 31.8. The van der Waals surface area contributed by atoms with Crippen molar-refractivity contribution in [3.63, 3.8) is 0 Å². The molecule has 0 radical (unpaired) electrons. The highest BCUT2D eigenvalue weighted by molar-refractivity contribution is 8.28. The SMILES string of the molecule is CCN[C@H]1C=C(S(=O)(=O)NC(=O)CNC(=O)COC(=O)CCC(=O)OC(C)(C)C)SC2=C1C[C@H](C)S2(=O)=O. The van der Waals surface area contributed by atoms with Gasteiger partial charge in [-0.1, -0.05) is 18.7 Å². The molecule has 16 heteroatoms. The summed E-state index contributed by atoms with van der Waals surface area (Å²) in [4.78, 5) is 47.4. The molecule has 0 saturated heterocycles. The number of rotatable bonds is 11. The van der Waals surface area contributed by atoms with E-state index in [0.717, 1.165) is 0 Å². The third kappa shape index (κ3) is 8.81. The van der Waals surface area contributed by atoms with E-state index in [1.807, 2.05) is 0 Å². The zero-order chi connectivity index (χ0) is 28.9. The lowest BCUT2D eigenvalue weighted by atomic mass is 10.0. The van der Waals surface area contributed by atoms with Gasteiger partial charge in [0.1, 0.15) is 14.1 Å². The minimum atomic E-state index is -4.44. The third-order valence-electron chi connectivity index (χ3n) is 5.13. The maximum Gasteiger partial charge on any atom is 0.306 e. The molecule has 2 heterocycles. The average molecular weight is 596 g/mol. The fourth-order valence-corrected chi connectivity index (χ4v) is 8.49. The predicted molar refractivity (Wildman–Crippen MR) is 139 cm³/mol. The molecule has 0 spiro atoms. The van der Waals surface area contributed by atoms with Crippen molar-refractivity contribution in [3.8, 4) is 0 Å². The van der Waals surface area contributed by atoms with Gasteiger partial charge >= 0.3 is 11.9 Å². The lowest BCUT2D eigenvalue weighted by Gasteiger charge is -2.23. The Morgan fingerprint density at radius 3 is 2.34 bits per heavy atom. The zero-order valence-corrected chi connectivity index (χ0v) is 24.2. The molecule has 214 valence electrons. The highest BCUT2D eigenvalue weighted by atomic mass is 32.3. The number of carbonyl (C=O) groups is 4. The highest BCUT2D eigenvalue weighted by Gasteiger charge is 2.43. The molecule has 2 aliphatic heterocycles. The normalized spacial score (nSPS) is 20.7. The fraction of sp³-hybridized carbons (Fsp3) is 0.636. The van der Waals surface area contributed by atoms with Crippen molar-refractivity contribution in [1.29, 1.82) is 0 Å². The van der Waals surface area contributed by atoms with Gasteiger partial charge in [0.15, 0.2) is 16.4 Å². The summed E-state index contributed by atoms with van der Waals surface area (Å²) in [6.45, 7) is 7.33. The molecular formula is C22H33N3O10S3. The van der Waals surface area contributed by atoms with Crippen molar-refractivity contribution in [2.45, 2.75) is 70.8 Å². The van der Waals surface area contributed by atoms with Crippen LogP contribution in [-0.4, -0.2) is 77.2 Å². The number of nitrogens with one attached hydrogen (secondary N) is 3. The van der Waals surface area contributed by atoms with Crippen LogP contribution in [0.1, 0.15) is 53.9 Å². The number of amides is 2. The van der Waals surface area contributed by atoms with Gasteiger partial charge in [0.2, 0.25) is 0 Å². The van der Waals surface area contributed by atoms with Crippen LogP contribution < -0.4 is 15.4 Å². The van der Waals surface area contributed by atoms with Gasteiger partial charge in [-0.15, -0.1) is 0 Å². The summed E-state index contributed by atoms with van der Waals surface area (Å²) in [7, 11) is -8.13. The van der Waals surface area contributed by atoms with E-state index in [4.69, 9.17) is 9.47 Å². The topological polar surface area (TPSA) is 191 Å². The van der Waals surface area contributed by atoms with Gasteiger partial charge in [-0.3, -0.25) is 19.2 Å². The largest absolute Gasteiger partial charge is 0.460 e. The van der Waals surface area contributed by atoms with E-state index in [9.17, 15) is 36.0 Å². The molecule has 2 amide bonds. The Bertz CT molecular complexity index is 1250. The van der Waals surface area contributed by atoms with E-state index in [1.165, 1.54) is 6.08 Å². The van der Waals surface area contributed by atoms with E-state index >= 15 is 0 Å². The van der Waals surface area contributed by atoms with Crippen molar-refractivity contribution >= 4 is 55.4 Å². The van der Waals surface area contributed by atoms with Gasteiger partial charge < -0.3 is 20.1 Å². The lowest BCUT2D eigenvalue weighted by Crippen LogP contribution is -2.41. The molecule has 0 aliphatic carbocycles. The second-order valence-electron chi connectivity index (χ2n) is 9.55. The van der Waals surface area contributed by atoms with Crippen LogP contribution in [-0.2, 0) is 48.5 Å². The highest BCUT2D eigenvalue weighted by Crippen LogP contribution is 2.47. The minimum absolute atomic E-state index is 0.0342. The van der Waals surface area contributed by atoms with Crippen LogP contribution in [0.3, 0.4) is 0 Å². The Balaban J connectivity index is 1.86. The van der Waals surface area contributed by atoms with Crippen LogP contribution in [0.4, 0.5) is 0 Å². The number of thioether (sulfide) groups is 1. The maximum atomic E-state index is 12.8. The van der Waals surface area contributed by atoms with Crippen LogP contribution in [0.15, 0.2) is 20.1 Å². The van der Waals surface area contributed by atoms with Crippen LogP contribution in [0.5, 0.6) is 0 Å². The summed E-state index contributed by atoms with van der Waals surface area (Å²) in [5.74, 6) is -3.40. The first-order valence-corrected chi connectivity index (χ1v) is 15.6. The average Bonchev–Trinajstić information content (AvgIpc) is 3.02. The van der Waals surface area contributed by atoms with Gasteiger partial charge in [0.25, 0.3) is 21.8 Å². The maximum absolute atomic E-state index is 12.8. The van der Waals surface area contributed by atoms with E-state index in [0.29, 0.717) is 23.9 Å². The van der Waals surface area contributed by atoms with Gasteiger partial charge in [-0.2, -0.15) is 0 Å². The number of carbonyl (C=O) groups excluding carboxylic acids is 4. The van der Waals surface area contributed by atoms with Crippen LogP contribution >= 0.6 is 11.8 Å². The lowest BCUT2D eigenvalue weighted by molar-refractivity contribution is -0.158. The number of sulfone groups is 1. The Labute approximate surface area is 226 Å². The first-order valence-electron chi connectivity index (χ1n) is 11.8. The predicted octanol–water partition coefficient (Wildman–Crippen LogP) is 0.199. The zero-order valence-electron chi connectivity index (χ0n) is 21.8. The molecule has 38 heavy (non-hydrogen) atoms. The quantitative estimate of drug-likeness (QED) is 0.275. The summed E-state index contributed by atoms with van der Waals surface area (Å²) in [6.07, 6.45) is 1.08. The summed E-state index contributed by atoms with van der Waals surface area (Å²) >= 11 is 0.569. The number of sulfonamides is 1. The Kier molecular flexibility index (Phi) is 10.6. The van der Waals surface area contributed by atoms with Gasteiger partial charge in [-0.25, -0.2) is 21.6 Å². The van der Waals surface area contributed by atoms with Gasteiger partial charge in [-0.05, 0) is 52.3 Å². The summed E-state index contributed by atoms with van der Waals surface area (Å²) in [5.41, 5.74) is -0.120. The molecule has 3 N–H and O–H groups in total. The summed E-state index contributed by atoms with van der Waals surface area (Å²) < 4.78 is 62.2. The van der Waals surface area contributed by atoms with E-state index in [-0.39, 0.29) is 27.7 Å². The number of ether oxygens (including phenoxy) is 2. The molecule has 2 rings (SSSR count). The monoisotopic (exact) mass is 595 g/mol. The molecule has 0 saturated carbocycles.